The Bertz CT molecular complexity index is 2440. The number of rotatable bonds is 3. The minimum Gasteiger partial charge on any atom is -0.551 e. The van der Waals surface area contributed by atoms with Gasteiger partial charge >= 0.3 is 6.92 Å². The second-order valence-corrected chi connectivity index (χ2v) is 12.1. The number of aromatic nitrogens is 1. The highest BCUT2D eigenvalue weighted by Crippen LogP contribution is 2.41. The monoisotopic (exact) mass is 587 g/mol. The third-order valence-corrected chi connectivity index (χ3v) is 9.49. The van der Waals surface area contributed by atoms with E-state index in [1.807, 2.05) is 6.07 Å². The van der Waals surface area contributed by atoms with E-state index in [1.54, 1.807) is 0 Å². The van der Waals surface area contributed by atoms with Crippen LogP contribution >= 0.6 is 0 Å². The van der Waals surface area contributed by atoms with Crippen molar-refractivity contribution in [2.45, 2.75) is 0 Å². The van der Waals surface area contributed by atoms with Crippen LogP contribution in [0.1, 0.15) is 0 Å². The fourth-order valence-corrected chi connectivity index (χ4v) is 7.36. The van der Waals surface area contributed by atoms with Gasteiger partial charge in [-0.15, -0.1) is 0 Å². The molecule has 0 saturated carbocycles. The number of hydrogen-bond donors (Lipinski definition) is 0. The van der Waals surface area contributed by atoms with E-state index in [1.165, 1.54) is 27.4 Å². The van der Waals surface area contributed by atoms with Gasteiger partial charge in [0.05, 0.1) is 11.0 Å². The van der Waals surface area contributed by atoms with E-state index in [-0.39, 0.29) is 6.92 Å². The summed E-state index contributed by atoms with van der Waals surface area (Å²) < 4.78 is 15.8. The summed E-state index contributed by atoms with van der Waals surface area (Å²) in [5.41, 5.74) is 12.5. The van der Waals surface area contributed by atoms with Crippen LogP contribution in [-0.4, -0.2) is 11.5 Å². The molecule has 0 atom stereocenters. The van der Waals surface area contributed by atoms with Gasteiger partial charge < -0.3 is 14.0 Å². The molecule has 0 saturated heterocycles. The third-order valence-electron chi connectivity index (χ3n) is 9.49. The Kier molecular flexibility index (Phi) is 5.37. The van der Waals surface area contributed by atoms with Gasteiger partial charge in [0, 0.05) is 32.9 Å². The summed E-state index contributed by atoms with van der Waals surface area (Å²) in [7, 11) is 0. The molecule has 8 aromatic rings. The highest BCUT2D eigenvalue weighted by Gasteiger charge is 2.40. The number of benzene rings is 7. The van der Waals surface area contributed by atoms with Crippen LogP contribution in [0.4, 0.5) is 0 Å². The number of fused-ring (bicyclic) bond motifs is 7. The van der Waals surface area contributed by atoms with Gasteiger partial charge in [-0.3, -0.25) is 0 Å². The van der Waals surface area contributed by atoms with Crippen LogP contribution in [0.2, 0.25) is 0 Å². The lowest BCUT2D eigenvalue weighted by Crippen LogP contribution is -2.53. The van der Waals surface area contributed by atoms with Crippen LogP contribution in [0.15, 0.2) is 158 Å². The smallest absolute Gasteiger partial charge is 0.434 e. The predicted molar refractivity (Wildman–Crippen MR) is 189 cm³/mol. The Labute approximate surface area is 267 Å². The molecular formula is C42H26BNO2. The van der Waals surface area contributed by atoms with E-state index < -0.39 is 0 Å². The standard InChI is InChI=1S/C42H26BNO2/c1-2-10-27(11-3-1)29-20-22-34-35-16-9-19-39-42(35)43(46-40(34)25-29)36-23-21-30(26-41(36)45-39)28-12-8-13-31(24-28)44-37-17-6-4-14-32(37)33-15-5-7-18-38(33)44/h1-26H. The molecule has 2 aliphatic heterocycles. The number of nitrogens with zero attached hydrogens (tertiary/aromatic N) is 1. The zero-order valence-corrected chi connectivity index (χ0v) is 24.9. The van der Waals surface area contributed by atoms with Gasteiger partial charge in [0.2, 0.25) is 0 Å². The van der Waals surface area contributed by atoms with Crippen LogP contribution in [0.3, 0.4) is 0 Å². The van der Waals surface area contributed by atoms with Crippen molar-refractivity contribution in [2.24, 2.45) is 0 Å². The fraction of sp³-hybridized carbons (Fsp3) is 0. The average Bonchev–Trinajstić information content (AvgIpc) is 3.46. The van der Waals surface area contributed by atoms with Crippen molar-refractivity contribution in [3.63, 3.8) is 0 Å². The lowest BCUT2D eigenvalue weighted by atomic mass is 9.51. The van der Waals surface area contributed by atoms with E-state index >= 15 is 0 Å². The molecule has 0 N–H and O–H groups in total. The normalized spacial score (nSPS) is 12.7. The zero-order valence-electron chi connectivity index (χ0n) is 24.9. The predicted octanol–water partition coefficient (Wildman–Crippen LogP) is 9.39. The Morgan fingerprint density at radius 2 is 1.09 bits per heavy atom. The summed E-state index contributed by atoms with van der Waals surface area (Å²) in [6, 6.07) is 55.8. The molecular weight excluding hydrogens is 561 g/mol. The van der Waals surface area contributed by atoms with Gasteiger partial charge in [0.25, 0.3) is 0 Å². The highest BCUT2D eigenvalue weighted by atomic mass is 16.5. The molecule has 0 radical (unpaired) electrons. The maximum Gasteiger partial charge on any atom is 0.434 e. The molecule has 214 valence electrons. The molecule has 0 aliphatic carbocycles. The van der Waals surface area contributed by atoms with Gasteiger partial charge in [-0.1, -0.05) is 115 Å². The topological polar surface area (TPSA) is 23.4 Å². The van der Waals surface area contributed by atoms with Crippen molar-refractivity contribution in [2.75, 3.05) is 0 Å². The van der Waals surface area contributed by atoms with E-state index in [4.69, 9.17) is 9.39 Å². The quantitative estimate of drug-likeness (QED) is 0.192. The Balaban J connectivity index is 1.07. The summed E-state index contributed by atoms with van der Waals surface area (Å²) in [6.45, 7) is -0.244. The first-order chi connectivity index (χ1) is 22.8. The molecule has 46 heavy (non-hydrogen) atoms. The maximum atomic E-state index is 6.84. The number of para-hydroxylation sites is 2. The molecule has 0 bridgehead atoms. The lowest BCUT2D eigenvalue weighted by Gasteiger charge is -2.33. The molecule has 0 fully saturated rings. The summed E-state index contributed by atoms with van der Waals surface area (Å²) in [5.74, 6) is 2.58. The first-order valence-corrected chi connectivity index (χ1v) is 15.7. The van der Waals surface area contributed by atoms with Crippen molar-refractivity contribution in [3.05, 3.63) is 158 Å². The second kappa shape index (κ2) is 9.75. The minimum atomic E-state index is -0.244. The molecule has 1 aromatic heterocycles. The summed E-state index contributed by atoms with van der Waals surface area (Å²) in [6.07, 6.45) is 0. The zero-order chi connectivity index (χ0) is 30.2. The average molecular weight is 587 g/mol. The Morgan fingerprint density at radius 3 is 1.91 bits per heavy atom. The van der Waals surface area contributed by atoms with Gasteiger partial charge in [-0.25, -0.2) is 0 Å². The maximum absolute atomic E-state index is 6.84. The molecule has 3 nitrogen and oxygen atoms in total. The summed E-state index contributed by atoms with van der Waals surface area (Å²) in [4.78, 5) is 0. The van der Waals surface area contributed by atoms with E-state index in [0.717, 1.165) is 61.7 Å². The SMILES string of the molecule is c1ccc(-c2ccc3c(c2)OB2c4ccc(-c5cccc(-n6c7ccccc7c7ccccc76)c5)cc4Oc4cccc-3c42)cc1. The summed E-state index contributed by atoms with van der Waals surface area (Å²) in [5, 5.41) is 2.52. The molecule has 0 spiro atoms. The van der Waals surface area contributed by atoms with Crippen molar-refractivity contribution >= 4 is 39.6 Å². The Hall–Kier alpha value is -6.00. The van der Waals surface area contributed by atoms with E-state index in [9.17, 15) is 0 Å². The molecule has 10 rings (SSSR count). The van der Waals surface area contributed by atoms with Gasteiger partial charge in [-0.2, -0.15) is 0 Å². The van der Waals surface area contributed by atoms with Gasteiger partial charge in [0.15, 0.2) is 0 Å². The van der Waals surface area contributed by atoms with Crippen molar-refractivity contribution in [1.29, 1.82) is 0 Å². The lowest BCUT2D eigenvalue weighted by molar-refractivity contribution is 0.479. The molecule has 2 aliphatic rings. The molecule has 3 heterocycles. The molecule has 0 unspecified atom stereocenters. The highest BCUT2D eigenvalue weighted by molar-refractivity contribution is 6.84. The number of hydrogen-bond acceptors (Lipinski definition) is 2. The van der Waals surface area contributed by atoms with Crippen LogP contribution in [-0.2, 0) is 0 Å². The van der Waals surface area contributed by atoms with Crippen LogP contribution < -0.4 is 20.3 Å². The summed E-state index contributed by atoms with van der Waals surface area (Å²) >= 11 is 0. The van der Waals surface area contributed by atoms with E-state index in [0.29, 0.717) is 0 Å². The first-order valence-electron chi connectivity index (χ1n) is 15.7. The first kappa shape index (κ1) is 25.3. The minimum absolute atomic E-state index is 0.244. The van der Waals surface area contributed by atoms with Crippen molar-refractivity contribution < 1.29 is 9.39 Å². The van der Waals surface area contributed by atoms with Crippen LogP contribution in [0.5, 0.6) is 17.2 Å². The number of ether oxygens (including phenoxy) is 1. The third kappa shape index (κ3) is 3.74. The van der Waals surface area contributed by atoms with Crippen molar-refractivity contribution in [1.82, 2.24) is 4.57 Å². The van der Waals surface area contributed by atoms with E-state index in [2.05, 4.69) is 156 Å². The van der Waals surface area contributed by atoms with Gasteiger partial charge in [0.1, 0.15) is 17.2 Å². The largest absolute Gasteiger partial charge is 0.551 e. The van der Waals surface area contributed by atoms with Crippen LogP contribution in [0, 0.1) is 0 Å². The van der Waals surface area contributed by atoms with Gasteiger partial charge in [-0.05, 0) is 70.3 Å². The second-order valence-electron chi connectivity index (χ2n) is 12.1. The molecule has 7 aromatic carbocycles. The molecule has 4 heteroatoms. The molecule has 0 amide bonds. The Morgan fingerprint density at radius 1 is 0.435 bits per heavy atom. The van der Waals surface area contributed by atoms with Crippen molar-refractivity contribution in [3.8, 4) is 56.3 Å². The van der Waals surface area contributed by atoms with Crippen LogP contribution in [0.25, 0.3) is 60.9 Å². The fourth-order valence-electron chi connectivity index (χ4n) is 7.36.